The summed E-state index contributed by atoms with van der Waals surface area (Å²) in [5.41, 5.74) is 1.14. The lowest BCUT2D eigenvalue weighted by atomic mass is 10.3. The van der Waals surface area contributed by atoms with Gasteiger partial charge >= 0.3 is 0 Å². The highest BCUT2D eigenvalue weighted by Gasteiger charge is 2.03. The summed E-state index contributed by atoms with van der Waals surface area (Å²) in [5.74, 6) is 0.688. The second-order valence-corrected chi connectivity index (χ2v) is 2.68. The molecule has 0 saturated heterocycles. The molecule has 2 rings (SSSR count). The molecule has 2 heterocycles. The fourth-order valence-electron chi connectivity index (χ4n) is 1.34. The molecule has 0 bridgehead atoms. The van der Waals surface area contributed by atoms with Crippen LogP contribution in [0.4, 0.5) is 0 Å². The molecule has 3 heteroatoms. The van der Waals surface area contributed by atoms with Crippen LogP contribution in [0.25, 0.3) is 10.9 Å². The van der Waals surface area contributed by atoms with Crippen LogP contribution >= 0.6 is 0 Å². The number of methoxy groups -OCH3 is 1. The fraction of sp³-hybridized carbons (Fsp3) is 0.222. The third-order valence-electron chi connectivity index (χ3n) is 1.97. The highest BCUT2D eigenvalue weighted by Crippen LogP contribution is 2.22. The van der Waals surface area contributed by atoms with Crippen LogP contribution in [0.5, 0.6) is 5.88 Å². The van der Waals surface area contributed by atoms with E-state index < -0.39 is 0 Å². The average Bonchev–Trinajstić information content (AvgIpc) is 2.48. The zero-order valence-electron chi connectivity index (χ0n) is 7.11. The highest BCUT2D eigenvalue weighted by molar-refractivity contribution is 5.84. The Hall–Kier alpha value is -1.51. The van der Waals surface area contributed by atoms with Crippen molar-refractivity contribution in [3.63, 3.8) is 0 Å². The number of fused-ring (bicyclic) bond motifs is 1. The van der Waals surface area contributed by atoms with Crippen molar-refractivity contribution < 1.29 is 4.74 Å². The predicted octanol–water partition coefficient (Wildman–Crippen LogP) is 1.58. The second kappa shape index (κ2) is 2.52. The molecule has 0 radical (unpaired) electrons. The first kappa shape index (κ1) is 7.16. The summed E-state index contributed by atoms with van der Waals surface area (Å²) in [4.78, 5) is 4.10. The van der Waals surface area contributed by atoms with E-state index in [1.165, 1.54) is 0 Å². The molecule has 0 fully saturated rings. The van der Waals surface area contributed by atoms with Crippen molar-refractivity contribution in [2.24, 2.45) is 7.05 Å². The van der Waals surface area contributed by atoms with E-state index in [0.29, 0.717) is 5.88 Å². The van der Waals surface area contributed by atoms with Crippen LogP contribution in [-0.2, 0) is 7.05 Å². The number of hydrogen-bond donors (Lipinski definition) is 0. The number of aromatic nitrogens is 2. The number of aryl methyl sites for hydroxylation is 1. The average molecular weight is 162 g/mol. The van der Waals surface area contributed by atoms with Crippen molar-refractivity contribution in [2.75, 3.05) is 7.11 Å². The van der Waals surface area contributed by atoms with Crippen molar-refractivity contribution in [1.82, 2.24) is 9.55 Å². The first-order valence-corrected chi connectivity index (χ1v) is 3.77. The summed E-state index contributed by atoms with van der Waals surface area (Å²) in [7, 11) is 3.64. The largest absolute Gasteiger partial charge is 0.481 e. The van der Waals surface area contributed by atoms with Gasteiger partial charge in [0.05, 0.1) is 18.0 Å². The maximum Gasteiger partial charge on any atom is 0.222 e. The van der Waals surface area contributed by atoms with Crippen LogP contribution < -0.4 is 4.74 Å². The Balaban J connectivity index is 2.81. The molecule has 0 saturated carbocycles. The summed E-state index contributed by atoms with van der Waals surface area (Å²) in [6.07, 6.45) is 3.75. The second-order valence-electron chi connectivity index (χ2n) is 2.68. The molecule has 62 valence electrons. The molecule has 0 atom stereocenters. The molecule has 0 N–H and O–H groups in total. The summed E-state index contributed by atoms with van der Waals surface area (Å²) in [5, 5.41) is 1.06. The number of nitrogens with zero attached hydrogens (tertiary/aromatic N) is 2. The van der Waals surface area contributed by atoms with Crippen LogP contribution in [-0.4, -0.2) is 16.7 Å². The van der Waals surface area contributed by atoms with Crippen molar-refractivity contribution >= 4 is 10.9 Å². The van der Waals surface area contributed by atoms with Gasteiger partial charge in [0.15, 0.2) is 0 Å². The van der Waals surface area contributed by atoms with Gasteiger partial charge in [-0.1, -0.05) is 0 Å². The first-order chi connectivity index (χ1) is 5.83. The van der Waals surface area contributed by atoms with Gasteiger partial charge in [-0.25, -0.2) is 4.98 Å². The van der Waals surface area contributed by atoms with Crippen LogP contribution in [0.1, 0.15) is 0 Å². The Kier molecular flexibility index (Phi) is 1.50. The van der Waals surface area contributed by atoms with Gasteiger partial charge in [0.25, 0.3) is 0 Å². The van der Waals surface area contributed by atoms with Gasteiger partial charge in [0.2, 0.25) is 5.88 Å². The monoisotopic (exact) mass is 162 g/mol. The molecule has 2 aromatic rings. The summed E-state index contributed by atoms with van der Waals surface area (Å²) < 4.78 is 7.16. The van der Waals surface area contributed by atoms with Crippen molar-refractivity contribution in [2.45, 2.75) is 0 Å². The van der Waals surface area contributed by atoms with E-state index in [-0.39, 0.29) is 0 Å². The summed E-state index contributed by atoms with van der Waals surface area (Å²) in [6.45, 7) is 0. The third-order valence-corrected chi connectivity index (χ3v) is 1.97. The highest BCUT2D eigenvalue weighted by atomic mass is 16.5. The molecule has 0 unspecified atom stereocenters. The van der Waals surface area contributed by atoms with E-state index in [4.69, 9.17) is 4.74 Å². The van der Waals surface area contributed by atoms with Crippen molar-refractivity contribution in [3.05, 3.63) is 24.5 Å². The Bertz CT molecular complexity index is 406. The van der Waals surface area contributed by atoms with E-state index in [9.17, 15) is 0 Å². The third kappa shape index (κ3) is 0.863. The molecular formula is C9H10N2O. The first-order valence-electron chi connectivity index (χ1n) is 3.77. The normalized spacial score (nSPS) is 10.5. The van der Waals surface area contributed by atoms with E-state index >= 15 is 0 Å². The molecule has 0 aliphatic rings. The maximum absolute atomic E-state index is 5.12. The minimum absolute atomic E-state index is 0.688. The molecule has 0 amide bonds. The van der Waals surface area contributed by atoms with E-state index in [0.717, 1.165) is 10.9 Å². The number of hydrogen-bond acceptors (Lipinski definition) is 2. The van der Waals surface area contributed by atoms with Gasteiger partial charge in [-0.15, -0.1) is 0 Å². The quantitative estimate of drug-likeness (QED) is 0.636. The van der Waals surface area contributed by atoms with E-state index in [1.807, 2.05) is 29.9 Å². The SMILES string of the molecule is COc1nccc2c1ccn2C. The minimum atomic E-state index is 0.688. The zero-order valence-corrected chi connectivity index (χ0v) is 7.11. The Labute approximate surface area is 70.6 Å². The lowest BCUT2D eigenvalue weighted by molar-refractivity contribution is 0.403. The van der Waals surface area contributed by atoms with Gasteiger partial charge in [0, 0.05) is 19.4 Å². The van der Waals surface area contributed by atoms with E-state index in [1.54, 1.807) is 13.3 Å². The molecule has 0 aromatic carbocycles. The fourth-order valence-corrected chi connectivity index (χ4v) is 1.34. The molecule has 12 heavy (non-hydrogen) atoms. The standard InChI is InChI=1S/C9H10N2O/c1-11-6-4-7-8(11)3-5-10-9(7)12-2/h3-6H,1-2H3. The van der Waals surface area contributed by atoms with Gasteiger partial charge in [-0.2, -0.15) is 0 Å². The number of pyridine rings is 1. The minimum Gasteiger partial charge on any atom is -0.481 e. The van der Waals surface area contributed by atoms with Crippen molar-refractivity contribution in [1.29, 1.82) is 0 Å². The van der Waals surface area contributed by atoms with Crippen LogP contribution in [0, 0.1) is 0 Å². The number of rotatable bonds is 1. The molecule has 0 spiro atoms. The van der Waals surface area contributed by atoms with Crippen LogP contribution in [0.15, 0.2) is 24.5 Å². The molecule has 0 aliphatic heterocycles. The zero-order chi connectivity index (χ0) is 8.55. The van der Waals surface area contributed by atoms with Gasteiger partial charge < -0.3 is 9.30 Å². The van der Waals surface area contributed by atoms with Crippen LogP contribution in [0.3, 0.4) is 0 Å². The molecular weight excluding hydrogens is 152 g/mol. The maximum atomic E-state index is 5.12. The smallest absolute Gasteiger partial charge is 0.222 e. The van der Waals surface area contributed by atoms with Crippen molar-refractivity contribution in [3.8, 4) is 5.88 Å². The van der Waals surface area contributed by atoms with Gasteiger partial charge in [-0.05, 0) is 12.1 Å². The van der Waals surface area contributed by atoms with Gasteiger partial charge in [-0.3, -0.25) is 0 Å². The predicted molar refractivity (Wildman–Crippen MR) is 47.3 cm³/mol. The molecule has 2 aromatic heterocycles. The molecule has 3 nitrogen and oxygen atoms in total. The van der Waals surface area contributed by atoms with E-state index in [2.05, 4.69) is 4.98 Å². The Morgan fingerprint density at radius 3 is 3.00 bits per heavy atom. The lowest BCUT2D eigenvalue weighted by Crippen LogP contribution is -1.88. The topological polar surface area (TPSA) is 27.1 Å². The summed E-state index contributed by atoms with van der Waals surface area (Å²) >= 11 is 0. The summed E-state index contributed by atoms with van der Waals surface area (Å²) in [6, 6.07) is 3.97. The number of ether oxygens (including phenoxy) is 1. The Morgan fingerprint density at radius 1 is 1.42 bits per heavy atom. The molecule has 0 aliphatic carbocycles. The van der Waals surface area contributed by atoms with Gasteiger partial charge in [0.1, 0.15) is 0 Å². The Morgan fingerprint density at radius 2 is 2.25 bits per heavy atom. The van der Waals surface area contributed by atoms with Crippen LogP contribution in [0.2, 0.25) is 0 Å². The lowest BCUT2D eigenvalue weighted by Gasteiger charge is -2.00.